The smallest absolute Gasteiger partial charge is 0.335 e. The van der Waals surface area contributed by atoms with Crippen LogP contribution in [0.15, 0.2) is 24.8 Å². The van der Waals surface area contributed by atoms with Crippen molar-refractivity contribution in [1.29, 1.82) is 0 Å². The van der Waals surface area contributed by atoms with Gasteiger partial charge in [-0.05, 0) is 11.6 Å². The fourth-order valence-corrected chi connectivity index (χ4v) is 0.981. The summed E-state index contributed by atoms with van der Waals surface area (Å²) in [5.74, 6) is -1.20. The van der Waals surface area contributed by atoms with Crippen molar-refractivity contribution in [2.75, 3.05) is 0 Å². The Hall–Kier alpha value is -2.17. The van der Waals surface area contributed by atoms with E-state index in [4.69, 9.17) is 5.11 Å². The topological polar surface area (TPSA) is 80.4 Å². The summed E-state index contributed by atoms with van der Waals surface area (Å²) in [6.45, 7) is 3.42. The average molecular weight is 193 g/mol. The number of carboxylic acid groups (broad SMARTS) is 1. The Labute approximate surface area is 79.4 Å². The molecule has 0 aliphatic rings. The van der Waals surface area contributed by atoms with E-state index in [1.165, 1.54) is 18.2 Å². The highest BCUT2D eigenvalue weighted by molar-refractivity contribution is 5.89. The minimum Gasteiger partial charge on any atom is -0.478 e. The van der Waals surface area contributed by atoms with Gasteiger partial charge in [-0.15, -0.1) is 0 Å². The Kier molecular flexibility index (Phi) is 2.62. The summed E-state index contributed by atoms with van der Waals surface area (Å²) in [6, 6.07) is 3.59. The Bertz CT molecular complexity index is 379. The third-order valence-electron chi connectivity index (χ3n) is 1.63. The van der Waals surface area contributed by atoms with Crippen LogP contribution in [-0.2, 0) is 0 Å². The van der Waals surface area contributed by atoms with Crippen LogP contribution in [-0.4, -0.2) is 16.0 Å². The molecule has 14 heavy (non-hydrogen) atoms. The van der Waals surface area contributed by atoms with Gasteiger partial charge in [0, 0.05) is 12.1 Å². The molecule has 0 radical (unpaired) electrons. The van der Waals surface area contributed by atoms with Gasteiger partial charge in [0.15, 0.2) is 0 Å². The highest BCUT2D eigenvalue weighted by atomic mass is 16.6. The number of nitro groups is 1. The van der Waals surface area contributed by atoms with Crippen molar-refractivity contribution in [3.63, 3.8) is 0 Å². The van der Waals surface area contributed by atoms with Crippen LogP contribution in [0.25, 0.3) is 6.08 Å². The molecule has 0 amide bonds. The molecule has 5 nitrogen and oxygen atoms in total. The number of nitrogens with zero attached hydrogens (tertiary/aromatic N) is 1. The lowest BCUT2D eigenvalue weighted by atomic mass is 10.1. The molecule has 72 valence electrons. The molecule has 0 aromatic heterocycles. The van der Waals surface area contributed by atoms with Gasteiger partial charge in [-0.3, -0.25) is 10.1 Å². The number of nitro benzene ring substituents is 1. The summed E-state index contributed by atoms with van der Waals surface area (Å²) < 4.78 is 0. The lowest BCUT2D eigenvalue weighted by Crippen LogP contribution is -1.98. The van der Waals surface area contributed by atoms with Crippen molar-refractivity contribution in [1.82, 2.24) is 0 Å². The SMILES string of the molecule is C=Cc1cc(C(=O)O)cc([N+](=O)[O-])c1. The lowest BCUT2D eigenvalue weighted by molar-refractivity contribution is -0.384. The highest BCUT2D eigenvalue weighted by Gasteiger charge is 2.12. The van der Waals surface area contributed by atoms with Crippen molar-refractivity contribution in [3.8, 4) is 0 Å². The first-order valence-electron chi connectivity index (χ1n) is 3.70. The van der Waals surface area contributed by atoms with E-state index < -0.39 is 10.9 Å². The van der Waals surface area contributed by atoms with E-state index >= 15 is 0 Å². The fourth-order valence-electron chi connectivity index (χ4n) is 0.981. The highest BCUT2D eigenvalue weighted by Crippen LogP contribution is 2.17. The summed E-state index contributed by atoms with van der Waals surface area (Å²) in [5, 5.41) is 19.1. The second-order valence-corrected chi connectivity index (χ2v) is 2.58. The number of benzene rings is 1. The Morgan fingerprint density at radius 1 is 1.50 bits per heavy atom. The van der Waals surface area contributed by atoms with Gasteiger partial charge >= 0.3 is 5.97 Å². The van der Waals surface area contributed by atoms with E-state index in [1.54, 1.807) is 0 Å². The lowest BCUT2D eigenvalue weighted by Gasteiger charge is -1.98. The molecule has 0 atom stereocenters. The third kappa shape index (κ3) is 1.95. The number of hydrogen-bond acceptors (Lipinski definition) is 3. The number of non-ortho nitro benzene ring substituents is 1. The van der Waals surface area contributed by atoms with Gasteiger partial charge in [0.05, 0.1) is 10.5 Å². The number of rotatable bonds is 3. The second-order valence-electron chi connectivity index (χ2n) is 2.58. The molecule has 1 N–H and O–H groups in total. The maximum absolute atomic E-state index is 10.6. The molecule has 1 rings (SSSR count). The minimum absolute atomic E-state index is 0.117. The normalized spacial score (nSPS) is 9.43. The van der Waals surface area contributed by atoms with Gasteiger partial charge in [-0.25, -0.2) is 4.79 Å². The number of carboxylic acids is 1. The Morgan fingerprint density at radius 3 is 2.57 bits per heavy atom. The quantitative estimate of drug-likeness (QED) is 0.587. The van der Waals surface area contributed by atoms with Crippen LogP contribution in [0.3, 0.4) is 0 Å². The van der Waals surface area contributed by atoms with Gasteiger partial charge in [-0.1, -0.05) is 12.7 Å². The van der Waals surface area contributed by atoms with E-state index in [0.717, 1.165) is 6.07 Å². The van der Waals surface area contributed by atoms with E-state index in [1.807, 2.05) is 0 Å². The summed E-state index contributed by atoms with van der Waals surface area (Å²) >= 11 is 0. The minimum atomic E-state index is -1.20. The van der Waals surface area contributed by atoms with Gasteiger partial charge < -0.3 is 5.11 Å². The van der Waals surface area contributed by atoms with E-state index in [9.17, 15) is 14.9 Å². The van der Waals surface area contributed by atoms with Crippen molar-refractivity contribution >= 4 is 17.7 Å². The van der Waals surface area contributed by atoms with Gasteiger partial charge in [-0.2, -0.15) is 0 Å². The molecule has 0 aliphatic carbocycles. The molecule has 1 aromatic rings. The summed E-state index contributed by atoms with van der Waals surface area (Å²) in [5.41, 5.74) is 0.0468. The zero-order valence-corrected chi connectivity index (χ0v) is 7.14. The maximum Gasteiger partial charge on any atom is 0.335 e. The van der Waals surface area contributed by atoms with Gasteiger partial charge in [0.1, 0.15) is 0 Å². The van der Waals surface area contributed by atoms with Crippen molar-refractivity contribution in [3.05, 3.63) is 46.0 Å². The molecular formula is C9H7NO4. The van der Waals surface area contributed by atoms with E-state index in [2.05, 4.69) is 6.58 Å². The molecule has 0 fully saturated rings. The van der Waals surface area contributed by atoms with E-state index in [-0.39, 0.29) is 11.3 Å². The third-order valence-corrected chi connectivity index (χ3v) is 1.63. The van der Waals surface area contributed by atoms with Crippen LogP contribution >= 0.6 is 0 Å². The zero-order chi connectivity index (χ0) is 10.7. The van der Waals surface area contributed by atoms with Crippen LogP contribution < -0.4 is 0 Å². The Balaban J connectivity index is 3.34. The Morgan fingerprint density at radius 2 is 2.14 bits per heavy atom. The number of hydrogen-bond donors (Lipinski definition) is 1. The first-order chi connectivity index (χ1) is 6.54. The largest absolute Gasteiger partial charge is 0.478 e. The number of aromatic carboxylic acids is 1. The first kappa shape index (κ1) is 9.91. The standard InChI is InChI=1S/C9H7NO4/c1-2-6-3-7(9(11)12)5-8(4-6)10(13)14/h2-5H,1H2,(H,11,12). The van der Waals surface area contributed by atoms with Crippen molar-refractivity contribution in [2.24, 2.45) is 0 Å². The number of carbonyl (C=O) groups is 1. The van der Waals surface area contributed by atoms with Crippen molar-refractivity contribution < 1.29 is 14.8 Å². The maximum atomic E-state index is 10.6. The molecule has 1 aromatic carbocycles. The van der Waals surface area contributed by atoms with Crippen LogP contribution in [0.4, 0.5) is 5.69 Å². The van der Waals surface area contributed by atoms with Crippen LogP contribution in [0.5, 0.6) is 0 Å². The van der Waals surface area contributed by atoms with Crippen molar-refractivity contribution in [2.45, 2.75) is 0 Å². The zero-order valence-electron chi connectivity index (χ0n) is 7.14. The van der Waals surface area contributed by atoms with Gasteiger partial charge in [0.2, 0.25) is 0 Å². The fraction of sp³-hybridized carbons (Fsp3) is 0. The first-order valence-corrected chi connectivity index (χ1v) is 3.70. The molecule has 0 saturated carbocycles. The summed E-state index contributed by atoms with van der Waals surface area (Å²) in [6.07, 6.45) is 1.36. The molecule has 0 aliphatic heterocycles. The molecule has 5 heteroatoms. The van der Waals surface area contributed by atoms with Gasteiger partial charge in [0.25, 0.3) is 5.69 Å². The molecule has 0 bridgehead atoms. The summed E-state index contributed by atoms with van der Waals surface area (Å²) in [4.78, 5) is 20.4. The predicted octanol–water partition coefficient (Wildman–Crippen LogP) is 1.94. The molecule has 0 spiro atoms. The molecular weight excluding hydrogens is 186 g/mol. The molecule has 0 heterocycles. The molecule has 0 unspecified atom stereocenters. The summed E-state index contributed by atoms with van der Waals surface area (Å²) in [7, 11) is 0. The van der Waals surface area contributed by atoms with Crippen LogP contribution in [0, 0.1) is 10.1 Å². The van der Waals surface area contributed by atoms with E-state index in [0.29, 0.717) is 5.56 Å². The second kappa shape index (κ2) is 3.69. The molecule has 0 saturated heterocycles. The van der Waals surface area contributed by atoms with Crippen LogP contribution in [0.2, 0.25) is 0 Å². The van der Waals surface area contributed by atoms with Crippen LogP contribution in [0.1, 0.15) is 15.9 Å². The average Bonchev–Trinajstić information content (AvgIpc) is 2.16. The predicted molar refractivity (Wildman–Crippen MR) is 50.1 cm³/mol. The monoisotopic (exact) mass is 193 g/mol.